The van der Waals surface area contributed by atoms with E-state index in [1.807, 2.05) is 18.4 Å². The van der Waals surface area contributed by atoms with Crippen LogP contribution in [0, 0.1) is 6.92 Å². The molecular formula is C26H27N3O3S2. The standard InChI is InChI=1S/C26H27N3O3S2/c1-5-29-23-15-10-20(17(2)3)16-24(23)33-26(29)27-25(30)19-8-11-21(12-9-19)28-34(31,32)22-13-6-18(4)7-14-22/h6-17,28H,5H2,1-4H3. The third kappa shape index (κ3) is 4.98. The zero-order valence-electron chi connectivity index (χ0n) is 19.6. The Bertz CT molecular complexity index is 1510. The SMILES string of the molecule is CCn1c(=NC(=O)c2ccc(NS(=O)(=O)c3ccc(C)cc3)cc2)sc2cc(C(C)C)ccc21. The van der Waals surface area contributed by atoms with E-state index in [-0.39, 0.29) is 10.8 Å². The Kier molecular flexibility index (Phi) is 6.72. The number of aromatic nitrogens is 1. The van der Waals surface area contributed by atoms with Crippen molar-refractivity contribution < 1.29 is 13.2 Å². The topological polar surface area (TPSA) is 80.5 Å². The number of carbonyl (C=O) groups excluding carboxylic acids is 1. The fourth-order valence-electron chi connectivity index (χ4n) is 3.60. The minimum absolute atomic E-state index is 0.183. The molecule has 3 aromatic carbocycles. The fourth-order valence-corrected chi connectivity index (χ4v) is 5.80. The number of amides is 1. The summed E-state index contributed by atoms with van der Waals surface area (Å²) in [7, 11) is -3.71. The monoisotopic (exact) mass is 493 g/mol. The van der Waals surface area contributed by atoms with Crippen LogP contribution in [0.4, 0.5) is 5.69 Å². The molecule has 176 valence electrons. The molecule has 34 heavy (non-hydrogen) atoms. The predicted molar refractivity (Wildman–Crippen MR) is 138 cm³/mol. The zero-order chi connectivity index (χ0) is 24.5. The van der Waals surface area contributed by atoms with Crippen LogP contribution < -0.4 is 9.52 Å². The summed E-state index contributed by atoms with van der Waals surface area (Å²) in [6, 6.07) is 19.3. The van der Waals surface area contributed by atoms with E-state index in [1.54, 1.807) is 48.5 Å². The van der Waals surface area contributed by atoms with Gasteiger partial charge in [-0.3, -0.25) is 9.52 Å². The highest BCUT2D eigenvalue weighted by Crippen LogP contribution is 2.24. The van der Waals surface area contributed by atoms with Crippen LogP contribution in [0.5, 0.6) is 0 Å². The van der Waals surface area contributed by atoms with Crippen molar-refractivity contribution >= 4 is 43.2 Å². The Morgan fingerprint density at radius 2 is 1.71 bits per heavy atom. The van der Waals surface area contributed by atoms with Crippen LogP contribution in [0.3, 0.4) is 0 Å². The predicted octanol–water partition coefficient (Wildman–Crippen LogP) is 5.70. The lowest BCUT2D eigenvalue weighted by Crippen LogP contribution is -2.16. The first-order valence-electron chi connectivity index (χ1n) is 11.1. The third-order valence-electron chi connectivity index (χ3n) is 5.60. The van der Waals surface area contributed by atoms with E-state index in [9.17, 15) is 13.2 Å². The van der Waals surface area contributed by atoms with Gasteiger partial charge in [0, 0.05) is 17.8 Å². The summed E-state index contributed by atoms with van der Waals surface area (Å²) in [5.41, 5.74) is 4.06. The second-order valence-electron chi connectivity index (χ2n) is 8.42. The number of sulfonamides is 1. The van der Waals surface area contributed by atoms with Gasteiger partial charge >= 0.3 is 0 Å². The lowest BCUT2D eigenvalue weighted by atomic mass is 10.0. The number of thiazole rings is 1. The number of nitrogens with one attached hydrogen (secondary N) is 1. The Balaban J connectivity index is 1.59. The summed E-state index contributed by atoms with van der Waals surface area (Å²) in [6.07, 6.45) is 0. The molecule has 0 aliphatic carbocycles. The van der Waals surface area contributed by atoms with Crippen LogP contribution in [0.15, 0.2) is 76.6 Å². The minimum atomic E-state index is -3.71. The molecule has 0 saturated heterocycles. The number of hydrogen-bond donors (Lipinski definition) is 1. The normalized spacial score (nSPS) is 12.4. The smallest absolute Gasteiger partial charge is 0.279 e. The average molecular weight is 494 g/mol. The molecule has 0 radical (unpaired) electrons. The van der Waals surface area contributed by atoms with Crippen molar-refractivity contribution in [2.24, 2.45) is 4.99 Å². The maximum Gasteiger partial charge on any atom is 0.279 e. The van der Waals surface area contributed by atoms with Gasteiger partial charge in [0.05, 0.1) is 15.1 Å². The van der Waals surface area contributed by atoms with E-state index in [0.717, 1.165) is 15.8 Å². The molecule has 0 saturated carbocycles. The molecule has 4 aromatic rings. The molecule has 0 aliphatic rings. The molecule has 6 nitrogen and oxygen atoms in total. The number of nitrogens with zero attached hydrogens (tertiary/aromatic N) is 2. The second-order valence-corrected chi connectivity index (χ2v) is 11.1. The van der Waals surface area contributed by atoms with Gasteiger partial charge in [-0.2, -0.15) is 4.99 Å². The molecule has 0 bridgehead atoms. The number of rotatable bonds is 6. The van der Waals surface area contributed by atoms with Gasteiger partial charge in [-0.15, -0.1) is 0 Å². The van der Waals surface area contributed by atoms with Crippen molar-refractivity contribution in [1.82, 2.24) is 4.57 Å². The molecule has 4 rings (SSSR count). The van der Waals surface area contributed by atoms with Crippen LogP contribution >= 0.6 is 11.3 Å². The first-order chi connectivity index (χ1) is 16.2. The van der Waals surface area contributed by atoms with Crippen molar-refractivity contribution in [3.8, 4) is 0 Å². The largest absolute Gasteiger partial charge is 0.317 e. The van der Waals surface area contributed by atoms with Gasteiger partial charge in [0.1, 0.15) is 0 Å². The number of aryl methyl sites for hydroxylation is 2. The lowest BCUT2D eigenvalue weighted by Gasteiger charge is -2.08. The molecule has 0 unspecified atom stereocenters. The van der Waals surface area contributed by atoms with Crippen molar-refractivity contribution in [3.05, 3.63) is 88.2 Å². The highest BCUT2D eigenvalue weighted by atomic mass is 32.2. The van der Waals surface area contributed by atoms with Gasteiger partial charge in [-0.1, -0.05) is 48.9 Å². The van der Waals surface area contributed by atoms with Gasteiger partial charge in [0.15, 0.2) is 4.80 Å². The number of anilines is 1. The van der Waals surface area contributed by atoms with Gasteiger partial charge in [-0.05, 0) is 73.9 Å². The van der Waals surface area contributed by atoms with Crippen molar-refractivity contribution in [2.75, 3.05) is 4.72 Å². The van der Waals surface area contributed by atoms with Gasteiger partial charge in [0.25, 0.3) is 15.9 Å². The van der Waals surface area contributed by atoms with E-state index in [4.69, 9.17) is 0 Å². The van der Waals surface area contributed by atoms with E-state index in [1.165, 1.54) is 16.9 Å². The number of hydrogen-bond acceptors (Lipinski definition) is 4. The molecule has 0 fully saturated rings. The maximum absolute atomic E-state index is 12.9. The van der Waals surface area contributed by atoms with Crippen LogP contribution in [0.1, 0.15) is 48.2 Å². The van der Waals surface area contributed by atoms with Crippen molar-refractivity contribution in [3.63, 3.8) is 0 Å². The van der Waals surface area contributed by atoms with E-state index in [0.29, 0.717) is 28.5 Å². The second kappa shape index (κ2) is 9.56. The fraction of sp³-hybridized carbons (Fsp3) is 0.231. The van der Waals surface area contributed by atoms with E-state index < -0.39 is 10.0 Å². The minimum Gasteiger partial charge on any atom is -0.317 e. The molecular weight excluding hydrogens is 466 g/mol. The Hall–Kier alpha value is -3.23. The molecule has 0 atom stereocenters. The summed E-state index contributed by atoms with van der Waals surface area (Å²) in [5.74, 6) is 0.0522. The molecule has 1 aromatic heterocycles. The first kappa shape index (κ1) is 23.9. The van der Waals surface area contributed by atoms with Gasteiger partial charge in [-0.25, -0.2) is 8.42 Å². The van der Waals surface area contributed by atoms with Crippen LogP contribution in [-0.4, -0.2) is 18.9 Å². The van der Waals surface area contributed by atoms with Crippen molar-refractivity contribution in [2.45, 2.75) is 45.1 Å². The number of benzene rings is 3. The van der Waals surface area contributed by atoms with Gasteiger partial charge < -0.3 is 4.57 Å². The molecule has 1 N–H and O–H groups in total. The lowest BCUT2D eigenvalue weighted by molar-refractivity contribution is 0.0998. The molecule has 8 heteroatoms. The number of carbonyl (C=O) groups is 1. The molecule has 1 amide bonds. The summed E-state index contributed by atoms with van der Waals surface area (Å²) in [4.78, 5) is 18.1. The molecule has 0 spiro atoms. The summed E-state index contributed by atoms with van der Waals surface area (Å²) in [5, 5.41) is 0. The molecule has 0 aliphatic heterocycles. The zero-order valence-corrected chi connectivity index (χ0v) is 21.2. The Morgan fingerprint density at radius 3 is 2.32 bits per heavy atom. The van der Waals surface area contributed by atoms with Crippen LogP contribution in [0.25, 0.3) is 10.2 Å². The Labute approximate surface area is 203 Å². The highest BCUT2D eigenvalue weighted by Gasteiger charge is 2.15. The van der Waals surface area contributed by atoms with Crippen LogP contribution in [0.2, 0.25) is 0 Å². The first-order valence-corrected chi connectivity index (χ1v) is 13.4. The third-order valence-corrected chi connectivity index (χ3v) is 8.04. The average Bonchev–Trinajstić information content (AvgIpc) is 3.15. The van der Waals surface area contributed by atoms with E-state index >= 15 is 0 Å². The van der Waals surface area contributed by atoms with E-state index in [2.05, 4.69) is 41.8 Å². The molecule has 1 heterocycles. The summed E-state index contributed by atoms with van der Waals surface area (Å²) in [6.45, 7) is 8.94. The highest BCUT2D eigenvalue weighted by molar-refractivity contribution is 7.92. The summed E-state index contributed by atoms with van der Waals surface area (Å²) >= 11 is 1.50. The quantitative estimate of drug-likeness (QED) is 0.374. The van der Waals surface area contributed by atoms with Gasteiger partial charge in [0.2, 0.25) is 0 Å². The maximum atomic E-state index is 12.9. The number of fused-ring (bicyclic) bond motifs is 1. The van der Waals surface area contributed by atoms with Crippen LogP contribution in [-0.2, 0) is 16.6 Å². The summed E-state index contributed by atoms with van der Waals surface area (Å²) < 4.78 is 30.9. The Morgan fingerprint density at radius 1 is 1.03 bits per heavy atom. The van der Waals surface area contributed by atoms with Crippen molar-refractivity contribution in [1.29, 1.82) is 0 Å².